The number of nitro groups is 1. The molecule has 1 atom stereocenters. The zero-order valence-electron chi connectivity index (χ0n) is 15.3. The number of fused-ring (bicyclic) bond motifs is 1. The van der Waals surface area contributed by atoms with Crippen molar-refractivity contribution in [3.8, 4) is 11.8 Å². The molecule has 0 saturated carbocycles. The Labute approximate surface area is 161 Å². The molecule has 0 aliphatic rings. The Kier molecular flexibility index (Phi) is 5.72. The van der Waals surface area contributed by atoms with Crippen LogP contribution in [-0.4, -0.2) is 29.3 Å². The van der Waals surface area contributed by atoms with E-state index < -0.39 is 11.0 Å². The highest BCUT2D eigenvalue weighted by atomic mass is 16.6. The number of rotatable bonds is 7. The van der Waals surface area contributed by atoms with Crippen LogP contribution in [0.1, 0.15) is 11.1 Å². The molecule has 3 rings (SSSR count). The lowest BCUT2D eigenvalue weighted by Crippen LogP contribution is -2.26. The zero-order chi connectivity index (χ0) is 20.1. The van der Waals surface area contributed by atoms with E-state index in [2.05, 4.69) is 5.32 Å². The average molecular weight is 377 g/mol. The van der Waals surface area contributed by atoms with Gasteiger partial charge in [0.05, 0.1) is 16.6 Å². The molecule has 2 N–H and O–H groups in total. The summed E-state index contributed by atoms with van der Waals surface area (Å²) >= 11 is 0. The van der Waals surface area contributed by atoms with Crippen LogP contribution in [0.2, 0.25) is 0 Å². The van der Waals surface area contributed by atoms with E-state index in [0.29, 0.717) is 17.0 Å². The van der Waals surface area contributed by atoms with Crippen molar-refractivity contribution in [2.24, 2.45) is 0 Å². The second-order valence-electron chi connectivity index (χ2n) is 6.36. The molecule has 0 bridgehead atoms. The largest absolute Gasteiger partial charge is 0.490 e. The van der Waals surface area contributed by atoms with Gasteiger partial charge in [0.1, 0.15) is 18.5 Å². The smallest absolute Gasteiger partial charge is 0.275 e. The highest BCUT2D eigenvalue weighted by Crippen LogP contribution is 2.28. The minimum Gasteiger partial charge on any atom is -0.490 e. The van der Waals surface area contributed by atoms with Crippen LogP contribution in [0.3, 0.4) is 0 Å². The second-order valence-corrected chi connectivity index (χ2v) is 6.36. The maximum Gasteiger partial charge on any atom is 0.275 e. The Morgan fingerprint density at radius 3 is 2.75 bits per heavy atom. The second kappa shape index (κ2) is 8.37. The Bertz CT molecular complexity index is 1050. The van der Waals surface area contributed by atoms with Gasteiger partial charge in [-0.2, -0.15) is 5.26 Å². The molecule has 7 heteroatoms. The van der Waals surface area contributed by atoms with E-state index in [-0.39, 0.29) is 24.4 Å². The van der Waals surface area contributed by atoms with Crippen LogP contribution < -0.4 is 10.1 Å². The monoisotopic (exact) mass is 377 g/mol. The third-order valence-electron chi connectivity index (χ3n) is 4.42. The van der Waals surface area contributed by atoms with Crippen molar-refractivity contribution in [3.05, 3.63) is 75.8 Å². The highest BCUT2D eigenvalue weighted by Gasteiger charge is 2.17. The number of hydrogen-bond donors (Lipinski definition) is 2. The van der Waals surface area contributed by atoms with Crippen LogP contribution in [0.15, 0.2) is 54.6 Å². The molecule has 1 unspecified atom stereocenters. The van der Waals surface area contributed by atoms with Gasteiger partial charge in [-0.15, -0.1) is 0 Å². The van der Waals surface area contributed by atoms with E-state index >= 15 is 0 Å². The number of hydrogen-bond acceptors (Lipinski definition) is 6. The molecular weight excluding hydrogens is 358 g/mol. The van der Waals surface area contributed by atoms with E-state index in [0.717, 1.165) is 10.8 Å². The summed E-state index contributed by atoms with van der Waals surface area (Å²) in [5.41, 5.74) is 0.894. The van der Waals surface area contributed by atoms with Crippen LogP contribution in [-0.2, 0) is 0 Å². The molecular formula is C21H19N3O4. The average Bonchev–Trinajstić information content (AvgIpc) is 2.71. The first-order valence-corrected chi connectivity index (χ1v) is 8.71. The van der Waals surface area contributed by atoms with Gasteiger partial charge in [-0.25, -0.2) is 0 Å². The lowest BCUT2D eigenvalue weighted by molar-refractivity contribution is -0.385. The Balaban J connectivity index is 1.66. The number of nitrogens with zero attached hydrogens (tertiary/aromatic N) is 2. The van der Waals surface area contributed by atoms with Crippen molar-refractivity contribution in [3.63, 3.8) is 0 Å². The molecule has 0 aliphatic carbocycles. The predicted molar refractivity (Wildman–Crippen MR) is 106 cm³/mol. The normalized spacial score (nSPS) is 11.6. The molecule has 3 aromatic rings. The lowest BCUT2D eigenvalue weighted by atomic mass is 10.1. The van der Waals surface area contributed by atoms with Crippen LogP contribution in [0.5, 0.6) is 5.75 Å². The predicted octanol–water partition coefficient (Wildman–Crippen LogP) is 3.78. The number of ether oxygens (including phenoxy) is 1. The molecule has 142 valence electrons. The number of aliphatic hydroxyl groups is 1. The van der Waals surface area contributed by atoms with E-state index in [1.165, 1.54) is 12.1 Å². The van der Waals surface area contributed by atoms with Gasteiger partial charge < -0.3 is 15.2 Å². The fourth-order valence-electron chi connectivity index (χ4n) is 2.93. The van der Waals surface area contributed by atoms with Gasteiger partial charge in [-0.05, 0) is 24.4 Å². The first-order valence-electron chi connectivity index (χ1n) is 8.71. The van der Waals surface area contributed by atoms with Gasteiger partial charge in [-0.3, -0.25) is 10.1 Å². The van der Waals surface area contributed by atoms with Crippen molar-refractivity contribution in [1.82, 2.24) is 0 Å². The summed E-state index contributed by atoms with van der Waals surface area (Å²) in [6.45, 7) is 1.78. The summed E-state index contributed by atoms with van der Waals surface area (Å²) in [4.78, 5) is 10.6. The number of nitrogens with one attached hydrogen (secondary N) is 1. The molecule has 0 radical (unpaired) electrons. The van der Waals surface area contributed by atoms with Gasteiger partial charge in [-0.1, -0.05) is 36.4 Å². The molecule has 0 heterocycles. The molecule has 0 saturated heterocycles. The minimum atomic E-state index is -0.844. The number of benzene rings is 3. The lowest BCUT2D eigenvalue weighted by Gasteiger charge is -2.16. The van der Waals surface area contributed by atoms with Crippen molar-refractivity contribution in [2.75, 3.05) is 18.5 Å². The summed E-state index contributed by atoms with van der Waals surface area (Å²) in [5, 5.41) is 35.4. The summed E-state index contributed by atoms with van der Waals surface area (Å²) in [7, 11) is 0. The molecule has 3 aromatic carbocycles. The third kappa shape index (κ3) is 4.19. The van der Waals surface area contributed by atoms with E-state index in [4.69, 9.17) is 10.00 Å². The maximum absolute atomic E-state index is 11.1. The van der Waals surface area contributed by atoms with Crippen LogP contribution in [0.4, 0.5) is 11.4 Å². The van der Waals surface area contributed by atoms with Crippen molar-refractivity contribution >= 4 is 22.1 Å². The van der Waals surface area contributed by atoms with Gasteiger partial charge in [0.25, 0.3) is 5.69 Å². The van der Waals surface area contributed by atoms with Crippen LogP contribution in [0.25, 0.3) is 10.8 Å². The molecule has 0 fully saturated rings. The first-order chi connectivity index (χ1) is 13.5. The quantitative estimate of drug-likeness (QED) is 0.479. The number of nitro benzene ring substituents is 1. The standard InChI is InChI=1S/C21H19N3O4/c1-14-19(9-15(11-22)10-20(14)24(26)27)23-12-17(25)13-28-21-8-4-6-16-5-2-3-7-18(16)21/h2-10,17,23,25H,12-13H2,1H3. The topological polar surface area (TPSA) is 108 Å². The molecule has 7 nitrogen and oxygen atoms in total. The molecule has 0 amide bonds. The zero-order valence-corrected chi connectivity index (χ0v) is 15.3. The van der Waals surface area contributed by atoms with Crippen molar-refractivity contribution in [2.45, 2.75) is 13.0 Å². The number of aliphatic hydroxyl groups excluding tert-OH is 1. The Morgan fingerprint density at radius 2 is 2.00 bits per heavy atom. The van der Waals surface area contributed by atoms with Crippen LogP contribution >= 0.6 is 0 Å². The van der Waals surface area contributed by atoms with E-state index in [9.17, 15) is 15.2 Å². The molecule has 0 spiro atoms. The first kappa shape index (κ1) is 19.1. The summed E-state index contributed by atoms with van der Waals surface area (Å²) < 4.78 is 5.76. The number of anilines is 1. The van der Waals surface area contributed by atoms with Crippen LogP contribution in [0, 0.1) is 28.4 Å². The SMILES string of the molecule is Cc1c(NCC(O)COc2cccc3ccccc23)cc(C#N)cc1[N+](=O)[O-]. The Morgan fingerprint density at radius 1 is 1.25 bits per heavy atom. The molecule has 0 aromatic heterocycles. The van der Waals surface area contributed by atoms with Gasteiger partial charge >= 0.3 is 0 Å². The fraction of sp³-hybridized carbons (Fsp3) is 0.190. The van der Waals surface area contributed by atoms with Crippen molar-refractivity contribution < 1.29 is 14.8 Å². The summed E-state index contributed by atoms with van der Waals surface area (Å²) in [6.07, 6.45) is -0.844. The van der Waals surface area contributed by atoms with Gasteiger partial charge in [0, 0.05) is 29.2 Å². The third-order valence-corrected chi connectivity index (χ3v) is 4.42. The molecule has 28 heavy (non-hydrogen) atoms. The highest BCUT2D eigenvalue weighted by molar-refractivity contribution is 5.88. The van der Waals surface area contributed by atoms with Crippen molar-refractivity contribution in [1.29, 1.82) is 5.26 Å². The molecule has 0 aliphatic heterocycles. The minimum absolute atomic E-state index is 0.0556. The fourth-order valence-corrected chi connectivity index (χ4v) is 2.93. The van der Waals surface area contributed by atoms with E-state index in [1.807, 2.05) is 48.5 Å². The maximum atomic E-state index is 11.1. The Hall–Kier alpha value is -3.63. The number of nitriles is 1. The van der Waals surface area contributed by atoms with Gasteiger partial charge in [0.2, 0.25) is 0 Å². The summed E-state index contributed by atoms with van der Waals surface area (Å²) in [6, 6.07) is 18.2. The van der Waals surface area contributed by atoms with E-state index in [1.54, 1.807) is 6.92 Å². The van der Waals surface area contributed by atoms with Gasteiger partial charge in [0.15, 0.2) is 0 Å². The summed E-state index contributed by atoms with van der Waals surface area (Å²) in [5.74, 6) is 0.676.